The van der Waals surface area contributed by atoms with Crippen molar-refractivity contribution in [3.8, 4) is 5.75 Å². The summed E-state index contributed by atoms with van der Waals surface area (Å²) in [6, 6.07) is 17.0. The highest BCUT2D eigenvalue weighted by atomic mass is 16.5. The van der Waals surface area contributed by atoms with E-state index >= 15 is 0 Å². The minimum absolute atomic E-state index is 0.188. The molecule has 2 aromatic carbocycles. The summed E-state index contributed by atoms with van der Waals surface area (Å²) < 4.78 is 7.45. The zero-order valence-electron chi connectivity index (χ0n) is 19.1. The normalized spacial score (nSPS) is 17.5. The van der Waals surface area contributed by atoms with E-state index in [-0.39, 0.29) is 24.3 Å². The number of aromatic nitrogens is 1. The molecule has 8 heteroatoms. The first-order chi connectivity index (χ1) is 15.8. The van der Waals surface area contributed by atoms with Gasteiger partial charge in [-0.25, -0.2) is 0 Å². The van der Waals surface area contributed by atoms with Crippen molar-refractivity contribution < 1.29 is 19.1 Å². The lowest BCUT2D eigenvalue weighted by molar-refractivity contribution is -0.134. The van der Waals surface area contributed by atoms with Crippen molar-refractivity contribution in [3.05, 3.63) is 65.9 Å². The molecule has 1 aliphatic heterocycles. The molecule has 0 spiro atoms. The average Bonchev–Trinajstić information content (AvgIpc) is 3.19. The number of ether oxygens (including phenoxy) is 1. The van der Waals surface area contributed by atoms with Gasteiger partial charge < -0.3 is 24.8 Å². The minimum atomic E-state index is -1.13. The first kappa shape index (κ1) is 22.4. The third-order valence-corrected chi connectivity index (χ3v) is 6.19. The number of para-hydroxylation sites is 2. The maximum absolute atomic E-state index is 13.1. The van der Waals surface area contributed by atoms with Crippen LogP contribution in [0.5, 0.6) is 5.75 Å². The number of carbonyl (C=O) groups excluding carboxylic acids is 3. The average molecular weight is 449 g/mol. The molecule has 2 heterocycles. The topological polar surface area (TPSA) is 92.7 Å². The Bertz CT molecular complexity index is 1220. The molecule has 3 aromatic rings. The van der Waals surface area contributed by atoms with Crippen LogP contribution in [0, 0.1) is 0 Å². The van der Waals surface area contributed by atoms with E-state index in [0.717, 1.165) is 16.5 Å². The molecule has 1 unspecified atom stereocenters. The van der Waals surface area contributed by atoms with Crippen molar-refractivity contribution in [2.24, 2.45) is 0 Å². The Kier molecular flexibility index (Phi) is 6.09. The summed E-state index contributed by atoms with van der Waals surface area (Å²) in [5.74, 6) is -0.220. The van der Waals surface area contributed by atoms with Gasteiger partial charge in [0.25, 0.3) is 5.91 Å². The second kappa shape index (κ2) is 8.97. The molecule has 0 fully saturated rings. The van der Waals surface area contributed by atoms with Crippen LogP contribution in [0.25, 0.3) is 10.9 Å². The number of carbonyl (C=O) groups is 3. The predicted octanol–water partition coefficient (Wildman–Crippen LogP) is 2.32. The lowest BCUT2D eigenvalue weighted by Gasteiger charge is -2.41. The molecule has 172 valence electrons. The standard InChI is InChI=1S/C25H28N4O4/c1-4-33-21-12-8-6-10-18(21)14-26-22(30)15-27-24(32)25(2)16-29-19-11-7-5-9-17(19)13-20(29)23(31)28(25)3/h5-13H,4,14-16H2,1-3H3,(H,26,30)(H,27,32). The molecule has 1 aromatic heterocycles. The van der Waals surface area contributed by atoms with Crippen molar-refractivity contribution in [2.75, 3.05) is 20.2 Å². The number of nitrogens with one attached hydrogen (secondary N) is 2. The van der Waals surface area contributed by atoms with Gasteiger partial charge in [0, 0.05) is 30.1 Å². The van der Waals surface area contributed by atoms with Gasteiger partial charge in [-0.15, -0.1) is 0 Å². The van der Waals surface area contributed by atoms with Gasteiger partial charge in [-0.2, -0.15) is 0 Å². The monoisotopic (exact) mass is 448 g/mol. The van der Waals surface area contributed by atoms with Gasteiger partial charge in [0.05, 0.1) is 19.7 Å². The third-order valence-electron chi connectivity index (χ3n) is 6.19. The summed E-state index contributed by atoms with van der Waals surface area (Å²) >= 11 is 0. The molecule has 3 amide bonds. The summed E-state index contributed by atoms with van der Waals surface area (Å²) in [5, 5.41) is 6.46. The van der Waals surface area contributed by atoms with Crippen LogP contribution in [0.4, 0.5) is 0 Å². The summed E-state index contributed by atoms with van der Waals surface area (Å²) in [4.78, 5) is 40.0. The number of hydrogen-bond acceptors (Lipinski definition) is 4. The van der Waals surface area contributed by atoms with Crippen LogP contribution in [-0.4, -0.2) is 52.9 Å². The number of rotatable bonds is 7. The SMILES string of the molecule is CCOc1ccccc1CNC(=O)CNC(=O)C1(C)Cn2c(cc3ccccc32)C(=O)N1C. The Morgan fingerprint density at radius 3 is 2.61 bits per heavy atom. The number of amides is 3. The highest BCUT2D eigenvalue weighted by Crippen LogP contribution is 2.31. The number of nitrogens with zero attached hydrogens (tertiary/aromatic N) is 2. The summed E-state index contributed by atoms with van der Waals surface area (Å²) in [6.07, 6.45) is 0. The molecule has 1 aliphatic rings. The second-order valence-electron chi connectivity index (χ2n) is 8.31. The van der Waals surface area contributed by atoms with E-state index in [4.69, 9.17) is 4.74 Å². The highest BCUT2D eigenvalue weighted by molar-refractivity contribution is 6.03. The fourth-order valence-electron chi connectivity index (χ4n) is 4.15. The van der Waals surface area contributed by atoms with Gasteiger partial charge in [0.15, 0.2) is 0 Å². The van der Waals surface area contributed by atoms with E-state index < -0.39 is 5.54 Å². The van der Waals surface area contributed by atoms with Gasteiger partial charge in [-0.1, -0.05) is 36.4 Å². The molecule has 2 N–H and O–H groups in total. The number of fused-ring (bicyclic) bond motifs is 3. The first-order valence-electron chi connectivity index (χ1n) is 11.0. The van der Waals surface area contributed by atoms with E-state index in [0.29, 0.717) is 31.1 Å². The van der Waals surface area contributed by atoms with Crippen LogP contribution in [0.15, 0.2) is 54.6 Å². The molecular formula is C25H28N4O4. The maximum Gasteiger partial charge on any atom is 0.271 e. The summed E-state index contributed by atoms with van der Waals surface area (Å²) in [7, 11) is 1.62. The smallest absolute Gasteiger partial charge is 0.271 e. The molecule has 1 atom stereocenters. The van der Waals surface area contributed by atoms with Gasteiger partial charge >= 0.3 is 0 Å². The Morgan fingerprint density at radius 1 is 1.09 bits per heavy atom. The van der Waals surface area contributed by atoms with E-state index in [1.165, 1.54) is 4.90 Å². The van der Waals surface area contributed by atoms with Crippen molar-refractivity contribution in [2.45, 2.75) is 32.5 Å². The molecule has 0 radical (unpaired) electrons. The van der Waals surface area contributed by atoms with Crippen LogP contribution >= 0.6 is 0 Å². The Labute approximate surface area is 192 Å². The predicted molar refractivity (Wildman–Crippen MR) is 125 cm³/mol. The van der Waals surface area contributed by atoms with Crippen LogP contribution in [0.3, 0.4) is 0 Å². The summed E-state index contributed by atoms with van der Waals surface area (Å²) in [6.45, 7) is 4.55. The molecule has 8 nitrogen and oxygen atoms in total. The Hall–Kier alpha value is -3.81. The zero-order chi connectivity index (χ0) is 23.6. The molecular weight excluding hydrogens is 420 g/mol. The van der Waals surface area contributed by atoms with Gasteiger partial charge in [0.1, 0.15) is 17.0 Å². The largest absolute Gasteiger partial charge is 0.494 e. The van der Waals surface area contributed by atoms with Gasteiger partial charge in [-0.3, -0.25) is 14.4 Å². The van der Waals surface area contributed by atoms with Crippen LogP contribution < -0.4 is 15.4 Å². The quantitative estimate of drug-likeness (QED) is 0.580. The van der Waals surface area contributed by atoms with Crippen molar-refractivity contribution in [1.29, 1.82) is 0 Å². The van der Waals surface area contributed by atoms with Crippen LogP contribution in [0.1, 0.15) is 29.9 Å². The van der Waals surface area contributed by atoms with E-state index in [1.54, 1.807) is 14.0 Å². The minimum Gasteiger partial charge on any atom is -0.494 e. The Balaban J connectivity index is 1.42. The van der Waals surface area contributed by atoms with E-state index in [2.05, 4.69) is 10.6 Å². The first-order valence-corrected chi connectivity index (χ1v) is 11.0. The molecule has 0 saturated carbocycles. The molecule has 0 saturated heterocycles. The number of benzene rings is 2. The van der Waals surface area contributed by atoms with Crippen LogP contribution in [-0.2, 0) is 22.7 Å². The van der Waals surface area contributed by atoms with Crippen LogP contribution in [0.2, 0.25) is 0 Å². The van der Waals surface area contributed by atoms with Crippen molar-refractivity contribution in [3.63, 3.8) is 0 Å². The lowest BCUT2D eigenvalue weighted by atomic mass is 9.95. The maximum atomic E-state index is 13.1. The zero-order valence-corrected chi connectivity index (χ0v) is 19.1. The fraction of sp³-hybridized carbons (Fsp3) is 0.320. The van der Waals surface area contributed by atoms with Gasteiger partial charge in [0.2, 0.25) is 11.8 Å². The number of hydrogen-bond donors (Lipinski definition) is 2. The van der Waals surface area contributed by atoms with Crippen molar-refractivity contribution in [1.82, 2.24) is 20.1 Å². The number of likely N-dealkylation sites (N-methyl/N-ethyl adjacent to an activating group) is 1. The summed E-state index contributed by atoms with van der Waals surface area (Å²) in [5.41, 5.74) is 1.18. The van der Waals surface area contributed by atoms with E-state index in [1.807, 2.05) is 66.1 Å². The molecule has 0 bridgehead atoms. The second-order valence-corrected chi connectivity index (χ2v) is 8.31. The third kappa shape index (κ3) is 4.16. The lowest BCUT2D eigenvalue weighted by Crippen LogP contribution is -2.63. The molecule has 4 rings (SSSR count). The molecule has 0 aliphatic carbocycles. The van der Waals surface area contributed by atoms with Crippen molar-refractivity contribution >= 4 is 28.6 Å². The molecule has 33 heavy (non-hydrogen) atoms. The van der Waals surface area contributed by atoms with Gasteiger partial charge in [-0.05, 0) is 32.0 Å². The Morgan fingerprint density at radius 2 is 1.82 bits per heavy atom. The fourth-order valence-corrected chi connectivity index (χ4v) is 4.15. The highest BCUT2D eigenvalue weighted by Gasteiger charge is 2.45. The van der Waals surface area contributed by atoms with E-state index in [9.17, 15) is 14.4 Å².